The van der Waals surface area contributed by atoms with Gasteiger partial charge in [0.1, 0.15) is 5.70 Å². The van der Waals surface area contributed by atoms with Crippen molar-refractivity contribution < 1.29 is 14.7 Å². The molecule has 3 aromatic rings. The second-order valence-corrected chi connectivity index (χ2v) is 6.37. The molecule has 0 saturated carbocycles. The van der Waals surface area contributed by atoms with Crippen molar-refractivity contribution in [2.75, 3.05) is 18.5 Å². The summed E-state index contributed by atoms with van der Waals surface area (Å²) in [5.74, 6) is -0.853. The number of aliphatic hydroxyl groups is 1. The third-order valence-electron chi connectivity index (χ3n) is 3.89. The maximum Gasteiger partial charge on any atom is 0.277 e. The second-order valence-electron chi connectivity index (χ2n) is 5.50. The zero-order valence-electron chi connectivity index (χ0n) is 13.0. The van der Waals surface area contributed by atoms with Crippen LogP contribution in [0.5, 0.6) is 0 Å². The molecule has 7 nitrogen and oxygen atoms in total. The van der Waals surface area contributed by atoms with Gasteiger partial charge in [-0.25, -0.2) is 4.98 Å². The number of hydrogen-bond acceptors (Lipinski definition) is 6. The molecule has 4 rings (SSSR count). The number of imide groups is 1. The summed E-state index contributed by atoms with van der Waals surface area (Å²) in [6.07, 6.45) is 5.16. The lowest BCUT2D eigenvalue weighted by Crippen LogP contribution is -2.34. The number of aliphatic hydroxyl groups excluding tert-OH is 1. The highest BCUT2D eigenvalue weighted by atomic mass is 32.1. The molecule has 0 radical (unpaired) electrons. The van der Waals surface area contributed by atoms with Gasteiger partial charge in [-0.15, -0.1) is 11.3 Å². The van der Waals surface area contributed by atoms with Gasteiger partial charge < -0.3 is 10.4 Å². The summed E-state index contributed by atoms with van der Waals surface area (Å²) in [5.41, 5.74) is 2.74. The number of imidazole rings is 1. The Bertz CT molecular complexity index is 958. The Morgan fingerprint density at radius 2 is 2.00 bits per heavy atom. The molecule has 0 bridgehead atoms. The van der Waals surface area contributed by atoms with Crippen molar-refractivity contribution in [1.82, 2.24) is 14.3 Å². The van der Waals surface area contributed by atoms with Gasteiger partial charge in [-0.05, 0) is 12.1 Å². The number of anilines is 1. The normalized spacial score (nSPS) is 14.4. The number of rotatable bonds is 5. The van der Waals surface area contributed by atoms with Crippen LogP contribution in [0.25, 0.3) is 16.2 Å². The quantitative estimate of drug-likeness (QED) is 0.681. The molecule has 126 valence electrons. The Hall–Kier alpha value is -2.97. The third kappa shape index (κ3) is 2.81. The number of carbonyl (C=O) groups excluding carboxylic acids is 2. The van der Waals surface area contributed by atoms with E-state index >= 15 is 0 Å². The van der Waals surface area contributed by atoms with Crippen LogP contribution in [0.2, 0.25) is 0 Å². The Balaban J connectivity index is 1.51. The number of β-amino-alcohol motifs (C(OH)–C–C–N with tert-alkyl or cyclic N) is 1. The molecule has 3 heterocycles. The topological polar surface area (TPSA) is 86.9 Å². The largest absolute Gasteiger partial charge is 0.395 e. The van der Waals surface area contributed by atoms with Crippen molar-refractivity contribution in [3.63, 3.8) is 0 Å². The Labute approximate surface area is 146 Å². The standard InChI is InChI=1S/C17H14N4O3S/c22-7-5-21-15(23)9-13(16(21)24)18-12-3-1-11(2-4-12)14-10-20-6-8-25-17(20)19-14/h1-4,6,8-10,18,22H,5,7H2. The minimum atomic E-state index is -0.433. The second kappa shape index (κ2) is 6.15. The van der Waals surface area contributed by atoms with Gasteiger partial charge in [0.2, 0.25) is 0 Å². The Morgan fingerprint density at radius 1 is 1.20 bits per heavy atom. The molecule has 0 fully saturated rings. The van der Waals surface area contributed by atoms with Crippen LogP contribution >= 0.6 is 11.3 Å². The highest BCUT2D eigenvalue weighted by Gasteiger charge is 2.30. The van der Waals surface area contributed by atoms with Gasteiger partial charge in [0.25, 0.3) is 11.8 Å². The molecule has 1 aliphatic heterocycles. The summed E-state index contributed by atoms with van der Waals surface area (Å²) in [7, 11) is 0. The van der Waals surface area contributed by atoms with Gasteiger partial charge in [0, 0.05) is 35.1 Å². The molecule has 2 aromatic heterocycles. The average Bonchev–Trinajstić information content (AvgIpc) is 3.26. The van der Waals surface area contributed by atoms with E-state index in [1.807, 2.05) is 46.4 Å². The molecule has 1 aromatic carbocycles. The Kier molecular flexibility index (Phi) is 3.83. The Morgan fingerprint density at radius 3 is 2.72 bits per heavy atom. The molecule has 8 heteroatoms. The molecule has 25 heavy (non-hydrogen) atoms. The van der Waals surface area contributed by atoms with E-state index in [9.17, 15) is 9.59 Å². The van der Waals surface area contributed by atoms with Gasteiger partial charge in [0.05, 0.1) is 18.8 Å². The average molecular weight is 354 g/mol. The first kappa shape index (κ1) is 15.6. The minimum Gasteiger partial charge on any atom is -0.395 e. The molecule has 0 saturated heterocycles. The van der Waals surface area contributed by atoms with Crippen LogP contribution in [0.4, 0.5) is 5.69 Å². The molecular weight excluding hydrogens is 340 g/mol. The molecule has 0 spiro atoms. The maximum atomic E-state index is 12.1. The molecular formula is C17H14N4O3S. The van der Waals surface area contributed by atoms with Crippen LogP contribution in [-0.4, -0.2) is 44.4 Å². The van der Waals surface area contributed by atoms with Crippen LogP contribution in [0.3, 0.4) is 0 Å². The van der Waals surface area contributed by atoms with E-state index in [4.69, 9.17) is 5.11 Å². The van der Waals surface area contributed by atoms with Crippen LogP contribution in [-0.2, 0) is 9.59 Å². The van der Waals surface area contributed by atoms with Crippen molar-refractivity contribution in [1.29, 1.82) is 0 Å². The summed E-state index contributed by atoms with van der Waals surface area (Å²) < 4.78 is 1.97. The van der Waals surface area contributed by atoms with Gasteiger partial charge in [-0.2, -0.15) is 0 Å². The predicted octanol–water partition coefficient (Wildman–Crippen LogP) is 1.72. The summed E-state index contributed by atoms with van der Waals surface area (Å²) >= 11 is 1.57. The number of hydrogen-bond donors (Lipinski definition) is 2. The van der Waals surface area contributed by atoms with E-state index in [0.29, 0.717) is 5.69 Å². The fraction of sp³-hybridized carbons (Fsp3) is 0.118. The predicted molar refractivity (Wildman–Crippen MR) is 94.0 cm³/mol. The number of amides is 2. The molecule has 0 unspecified atom stereocenters. The van der Waals surface area contributed by atoms with Crippen LogP contribution in [0.1, 0.15) is 0 Å². The monoisotopic (exact) mass is 354 g/mol. The molecule has 0 aliphatic carbocycles. The van der Waals surface area contributed by atoms with Crippen molar-refractivity contribution in [3.05, 3.63) is 53.8 Å². The molecule has 2 amide bonds. The SMILES string of the molecule is O=C1C=C(Nc2ccc(-c3cn4ccsc4n3)cc2)C(=O)N1CCO. The molecule has 1 aliphatic rings. The number of carbonyl (C=O) groups is 2. The fourth-order valence-corrected chi connectivity index (χ4v) is 3.36. The number of nitrogens with zero attached hydrogens (tertiary/aromatic N) is 3. The lowest BCUT2D eigenvalue weighted by atomic mass is 10.1. The molecule has 2 N–H and O–H groups in total. The highest BCUT2D eigenvalue weighted by Crippen LogP contribution is 2.24. The first-order valence-electron chi connectivity index (χ1n) is 7.64. The number of thiazole rings is 1. The van der Waals surface area contributed by atoms with E-state index in [1.54, 1.807) is 11.3 Å². The van der Waals surface area contributed by atoms with Crippen LogP contribution in [0, 0.1) is 0 Å². The van der Waals surface area contributed by atoms with E-state index in [0.717, 1.165) is 21.1 Å². The van der Waals surface area contributed by atoms with Crippen molar-refractivity contribution in [2.45, 2.75) is 0 Å². The fourth-order valence-electron chi connectivity index (χ4n) is 2.66. The third-order valence-corrected chi connectivity index (χ3v) is 4.66. The summed E-state index contributed by atoms with van der Waals surface area (Å²) in [5, 5.41) is 13.8. The lowest BCUT2D eigenvalue weighted by Gasteiger charge is -2.13. The summed E-state index contributed by atoms with van der Waals surface area (Å²) in [4.78, 5) is 30.4. The van der Waals surface area contributed by atoms with Crippen molar-refractivity contribution >= 4 is 33.8 Å². The smallest absolute Gasteiger partial charge is 0.277 e. The van der Waals surface area contributed by atoms with Crippen LogP contribution in [0.15, 0.2) is 53.8 Å². The number of benzene rings is 1. The highest BCUT2D eigenvalue weighted by molar-refractivity contribution is 7.15. The summed E-state index contributed by atoms with van der Waals surface area (Å²) in [6, 6.07) is 7.47. The van der Waals surface area contributed by atoms with E-state index in [-0.39, 0.29) is 18.8 Å². The van der Waals surface area contributed by atoms with Gasteiger partial charge in [-0.1, -0.05) is 12.1 Å². The first-order valence-corrected chi connectivity index (χ1v) is 8.52. The van der Waals surface area contributed by atoms with Gasteiger partial charge in [-0.3, -0.25) is 18.9 Å². The number of nitrogens with one attached hydrogen (secondary N) is 1. The first-order chi connectivity index (χ1) is 12.2. The zero-order chi connectivity index (χ0) is 17.4. The maximum absolute atomic E-state index is 12.1. The van der Waals surface area contributed by atoms with Gasteiger partial charge in [0.15, 0.2) is 4.96 Å². The van der Waals surface area contributed by atoms with E-state index in [1.165, 1.54) is 6.08 Å². The lowest BCUT2D eigenvalue weighted by molar-refractivity contribution is -0.137. The van der Waals surface area contributed by atoms with Crippen molar-refractivity contribution in [2.24, 2.45) is 0 Å². The number of fused-ring (bicyclic) bond motifs is 1. The van der Waals surface area contributed by atoms with E-state index < -0.39 is 11.8 Å². The van der Waals surface area contributed by atoms with Crippen molar-refractivity contribution in [3.8, 4) is 11.3 Å². The number of aromatic nitrogens is 2. The molecule has 0 atom stereocenters. The minimum absolute atomic E-state index is 0.00423. The van der Waals surface area contributed by atoms with E-state index in [2.05, 4.69) is 10.3 Å². The van der Waals surface area contributed by atoms with Crippen LogP contribution < -0.4 is 5.32 Å². The summed E-state index contributed by atoms with van der Waals surface area (Å²) in [6.45, 7) is -0.259. The zero-order valence-corrected chi connectivity index (χ0v) is 13.9. The van der Waals surface area contributed by atoms with Gasteiger partial charge >= 0.3 is 0 Å².